The number of ether oxygens (including phenoxy) is 2. The first-order chi connectivity index (χ1) is 15.4. The molecule has 7 nitrogen and oxygen atoms in total. The molecule has 174 valence electrons. The second kappa shape index (κ2) is 9.84. The molecule has 0 bridgehead atoms. The average molecular weight is 441 g/mol. The summed E-state index contributed by atoms with van der Waals surface area (Å²) in [5.41, 5.74) is 1.96. The number of amides is 1. The quantitative estimate of drug-likeness (QED) is 0.627. The van der Waals surface area contributed by atoms with E-state index in [1.807, 2.05) is 23.9 Å². The third kappa shape index (κ3) is 5.19. The molecule has 1 aromatic heterocycles. The van der Waals surface area contributed by atoms with Crippen LogP contribution in [0.1, 0.15) is 45.2 Å². The van der Waals surface area contributed by atoms with E-state index in [1.165, 1.54) is 6.42 Å². The molecule has 1 amide bonds. The van der Waals surface area contributed by atoms with Crippen molar-refractivity contribution in [3.8, 4) is 11.5 Å². The van der Waals surface area contributed by atoms with Gasteiger partial charge in [-0.1, -0.05) is 13.8 Å². The summed E-state index contributed by atoms with van der Waals surface area (Å²) in [6, 6.07) is 6.39. The number of carbonyl (C=O) groups excluding carboxylic acids is 1. The molecule has 2 aliphatic rings. The summed E-state index contributed by atoms with van der Waals surface area (Å²) in [5, 5.41) is 0. The number of anilines is 1. The lowest BCUT2D eigenvalue weighted by molar-refractivity contribution is -0.133. The number of aromatic nitrogens is 2. The molecule has 1 saturated carbocycles. The van der Waals surface area contributed by atoms with E-state index in [2.05, 4.69) is 40.8 Å². The third-order valence-corrected chi connectivity index (χ3v) is 6.50. The van der Waals surface area contributed by atoms with Gasteiger partial charge in [0.05, 0.1) is 31.7 Å². The third-order valence-electron chi connectivity index (χ3n) is 6.50. The molecule has 1 aliphatic heterocycles. The van der Waals surface area contributed by atoms with Gasteiger partial charge in [0.2, 0.25) is 5.91 Å². The van der Waals surface area contributed by atoms with Gasteiger partial charge in [0.1, 0.15) is 0 Å². The Kier molecular flexibility index (Phi) is 6.92. The lowest BCUT2D eigenvalue weighted by Gasteiger charge is -2.43. The molecule has 32 heavy (non-hydrogen) atoms. The number of nitrogens with zero attached hydrogens (tertiary/aromatic N) is 4. The summed E-state index contributed by atoms with van der Waals surface area (Å²) in [7, 11) is 3.62. The first-order valence-electron chi connectivity index (χ1n) is 11.8. The lowest BCUT2D eigenvalue weighted by Crippen LogP contribution is -2.56. The first kappa shape index (κ1) is 22.5. The molecule has 2 heterocycles. The number of methoxy groups -OCH3 is 1. The number of benzene rings is 1. The van der Waals surface area contributed by atoms with Crippen LogP contribution in [0.4, 0.5) is 5.69 Å². The second-order valence-electron chi connectivity index (χ2n) is 9.53. The van der Waals surface area contributed by atoms with Crippen molar-refractivity contribution in [1.82, 2.24) is 14.5 Å². The van der Waals surface area contributed by atoms with E-state index in [9.17, 15) is 4.79 Å². The fourth-order valence-electron chi connectivity index (χ4n) is 4.60. The van der Waals surface area contributed by atoms with E-state index in [0.717, 1.165) is 55.2 Å². The van der Waals surface area contributed by atoms with Gasteiger partial charge >= 0.3 is 0 Å². The average Bonchev–Trinajstić information content (AvgIpc) is 3.14. The zero-order valence-electron chi connectivity index (χ0n) is 19.8. The van der Waals surface area contributed by atoms with Gasteiger partial charge in [-0.2, -0.15) is 0 Å². The van der Waals surface area contributed by atoms with Crippen molar-refractivity contribution >= 4 is 11.6 Å². The van der Waals surface area contributed by atoms with Gasteiger partial charge < -0.3 is 23.8 Å². The van der Waals surface area contributed by atoms with Crippen molar-refractivity contribution in [3.63, 3.8) is 0 Å². The van der Waals surface area contributed by atoms with Crippen LogP contribution in [0.25, 0.3) is 0 Å². The SMILES string of the molecule is COc1ccc(N2CCN(C(=O)Cc3cn(C)cn3)C(CC(C)C)C2)cc1OC1CCC1. The van der Waals surface area contributed by atoms with Crippen LogP contribution >= 0.6 is 0 Å². The van der Waals surface area contributed by atoms with Gasteiger partial charge in [0, 0.05) is 50.7 Å². The molecular weight excluding hydrogens is 404 g/mol. The molecule has 2 aromatic rings. The zero-order chi connectivity index (χ0) is 22.7. The molecule has 7 heteroatoms. The van der Waals surface area contributed by atoms with E-state index in [-0.39, 0.29) is 11.9 Å². The number of aryl methyl sites for hydroxylation is 1. The highest BCUT2D eigenvalue weighted by Gasteiger charge is 2.32. The van der Waals surface area contributed by atoms with Crippen LogP contribution in [0.3, 0.4) is 0 Å². The van der Waals surface area contributed by atoms with Crippen LogP contribution < -0.4 is 14.4 Å². The van der Waals surface area contributed by atoms with Gasteiger partial charge in [-0.25, -0.2) is 4.98 Å². The van der Waals surface area contributed by atoms with E-state index in [4.69, 9.17) is 9.47 Å². The molecular formula is C25H36N4O3. The van der Waals surface area contributed by atoms with Crippen molar-refractivity contribution in [1.29, 1.82) is 0 Å². The molecule has 1 atom stereocenters. The Balaban J connectivity index is 1.48. The standard InChI is InChI=1S/C25H36N4O3/c1-18(2)12-21-16-28(10-11-29(21)25(30)13-19-15-27(3)17-26-19)20-8-9-23(31-4)24(14-20)32-22-6-5-7-22/h8-9,14-15,17-18,21-22H,5-7,10-13,16H2,1-4H3. The summed E-state index contributed by atoms with van der Waals surface area (Å²) < 4.78 is 13.6. The minimum atomic E-state index is 0.165. The minimum Gasteiger partial charge on any atom is -0.493 e. The lowest BCUT2D eigenvalue weighted by atomic mass is 9.96. The predicted octanol–water partition coefficient (Wildman–Crippen LogP) is 3.67. The van der Waals surface area contributed by atoms with E-state index < -0.39 is 0 Å². The molecule has 1 aromatic carbocycles. The second-order valence-corrected chi connectivity index (χ2v) is 9.53. The van der Waals surface area contributed by atoms with Crippen molar-refractivity contribution in [3.05, 3.63) is 36.4 Å². The Hall–Kier alpha value is -2.70. The Morgan fingerprint density at radius 2 is 2.03 bits per heavy atom. The highest BCUT2D eigenvalue weighted by molar-refractivity contribution is 5.79. The molecule has 0 N–H and O–H groups in total. The Labute approximate surface area is 191 Å². The Morgan fingerprint density at radius 1 is 1.22 bits per heavy atom. The molecule has 1 unspecified atom stereocenters. The maximum Gasteiger partial charge on any atom is 0.229 e. The van der Waals surface area contributed by atoms with Crippen LogP contribution in [-0.2, 0) is 18.3 Å². The van der Waals surface area contributed by atoms with Gasteiger partial charge in [-0.15, -0.1) is 0 Å². The molecule has 0 spiro atoms. The molecule has 4 rings (SSSR count). The number of carbonyl (C=O) groups is 1. The van der Waals surface area contributed by atoms with Crippen LogP contribution in [0, 0.1) is 5.92 Å². The molecule has 1 saturated heterocycles. The highest BCUT2D eigenvalue weighted by Crippen LogP contribution is 2.36. The number of imidazole rings is 1. The van der Waals surface area contributed by atoms with Gasteiger partial charge in [0.15, 0.2) is 11.5 Å². The summed E-state index contributed by atoms with van der Waals surface area (Å²) in [6.45, 7) is 6.78. The molecule has 0 radical (unpaired) electrons. The van der Waals surface area contributed by atoms with E-state index in [0.29, 0.717) is 25.0 Å². The van der Waals surface area contributed by atoms with Crippen LogP contribution in [0.15, 0.2) is 30.7 Å². The van der Waals surface area contributed by atoms with Crippen LogP contribution in [-0.4, -0.2) is 59.2 Å². The fourth-order valence-corrected chi connectivity index (χ4v) is 4.60. The summed E-state index contributed by atoms with van der Waals surface area (Å²) in [4.78, 5) is 21.9. The van der Waals surface area contributed by atoms with E-state index in [1.54, 1.807) is 13.4 Å². The number of rotatable bonds is 8. The van der Waals surface area contributed by atoms with Crippen molar-refractivity contribution < 1.29 is 14.3 Å². The Morgan fingerprint density at radius 3 is 2.66 bits per heavy atom. The fraction of sp³-hybridized carbons (Fsp3) is 0.600. The normalized spacial score (nSPS) is 19.2. The summed E-state index contributed by atoms with van der Waals surface area (Å²) in [5.74, 6) is 2.28. The molecule has 2 fully saturated rings. The highest BCUT2D eigenvalue weighted by atomic mass is 16.5. The minimum absolute atomic E-state index is 0.165. The van der Waals surface area contributed by atoms with Gasteiger partial charge in [-0.3, -0.25) is 4.79 Å². The Bertz CT molecular complexity index is 922. The first-order valence-corrected chi connectivity index (χ1v) is 11.8. The molecule has 1 aliphatic carbocycles. The van der Waals surface area contributed by atoms with Crippen LogP contribution in [0.2, 0.25) is 0 Å². The summed E-state index contributed by atoms with van der Waals surface area (Å²) >= 11 is 0. The number of piperazine rings is 1. The summed E-state index contributed by atoms with van der Waals surface area (Å²) in [6.07, 6.45) is 8.77. The predicted molar refractivity (Wildman–Crippen MR) is 125 cm³/mol. The van der Waals surface area contributed by atoms with Crippen molar-refractivity contribution in [2.75, 3.05) is 31.6 Å². The maximum atomic E-state index is 13.1. The number of hydrogen-bond donors (Lipinski definition) is 0. The van der Waals surface area contributed by atoms with Gasteiger partial charge in [0.25, 0.3) is 0 Å². The largest absolute Gasteiger partial charge is 0.493 e. The zero-order valence-corrected chi connectivity index (χ0v) is 19.8. The van der Waals surface area contributed by atoms with Crippen LogP contribution in [0.5, 0.6) is 11.5 Å². The van der Waals surface area contributed by atoms with E-state index >= 15 is 0 Å². The number of hydrogen-bond acceptors (Lipinski definition) is 5. The van der Waals surface area contributed by atoms with Crippen molar-refractivity contribution in [2.45, 2.75) is 58.1 Å². The van der Waals surface area contributed by atoms with Gasteiger partial charge in [-0.05, 0) is 43.7 Å². The monoisotopic (exact) mass is 440 g/mol. The maximum absolute atomic E-state index is 13.1. The van der Waals surface area contributed by atoms with Crippen molar-refractivity contribution in [2.24, 2.45) is 13.0 Å². The smallest absolute Gasteiger partial charge is 0.229 e. The topological polar surface area (TPSA) is 59.8 Å².